The highest BCUT2D eigenvalue weighted by molar-refractivity contribution is 5.97. The minimum absolute atomic E-state index is 0.0435. The number of ether oxygens (including phenoxy) is 4. The van der Waals surface area contributed by atoms with Crippen molar-refractivity contribution < 1.29 is 76.5 Å². The topological polar surface area (TPSA) is 376 Å². The predicted octanol–water partition coefficient (Wildman–Crippen LogP) is 1.42. The van der Waals surface area contributed by atoms with Gasteiger partial charge in [0.2, 0.25) is 47.3 Å². The summed E-state index contributed by atoms with van der Waals surface area (Å²) in [5.41, 5.74) is 10.1. The molecule has 0 spiro atoms. The Kier molecular flexibility index (Phi) is 26.2. The summed E-state index contributed by atoms with van der Waals surface area (Å²) in [6.45, 7) is 6.90. The molecule has 0 radical (unpaired) electrons. The van der Waals surface area contributed by atoms with Gasteiger partial charge in [-0.3, -0.25) is 43.2 Å². The number of rotatable bonds is 31. The second-order valence-corrected chi connectivity index (χ2v) is 21.3. The summed E-state index contributed by atoms with van der Waals surface area (Å²) in [5, 5.41) is 21.9. The van der Waals surface area contributed by atoms with Gasteiger partial charge < -0.3 is 72.5 Å². The zero-order chi connectivity index (χ0) is 63.7. The number of carbonyl (C=O) groups excluding carboxylic acids is 12. The van der Waals surface area contributed by atoms with Crippen LogP contribution < -0.4 is 53.6 Å². The van der Waals surface area contributed by atoms with Crippen molar-refractivity contribution in [3.8, 4) is 11.1 Å². The summed E-state index contributed by atoms with van der Waals surface area (Å²) in [4.78, 5) is 160. The number of fused-ring (bicyclic) bond motifs is 3. The number of methoxy groups -OCH3 is 1. The molecule has 26 nitrogen and oxygen atoms in total. The minimum Gasteiger partial charge on any atom is -0.467 e. The zero-order valence-electron chi connectivity index (χ0n) is 49.4. The van der Waals surface area contributed by atoms with Crippen LogP contribution in [0, 0.1) is 11.8 Å². The van der Waals surface area contributed by atoms with Crippen LogP contribution in [0.3, 0.4) is 0 Å². The molecule has 26 heteroatoms. The van der Waals surface area contributed by atoms with Gasteiger partial charge in [-0.25, -0.2) is 14.4 Å². The van der Waals surface area contributed by atoms with Crippen LogP contribution in [0.4, 0.5) is 9.59 Å². The molecule has 1 aliphatic rings. The van der Waals surface area contributed by atoms with E-state index < -0.39 is 146 Å². The molecule has 4 aromatic carbocycles. The lowest BCUT2D eigenvalue weighted by atomic mass is 9.98. The lowest BCUT2D eigenvalue weighted by molar-refractivity contribution is -0.153. The fourth-order valence-electron chi connectivity index (χ4n) is 9.29. The van der Waals surface area contributed by atoms with E-state index in [0.29, 0.717) is 11.1 Å². The third-order valence-corrected chi connectivity index (χ3v) is 13.6. The Morgan fingerprint density at radius 2 is 1.07 bits per heavy atom. The molecule has 0 unspecified atom stereocenters. The Morgan fingerprint density at radius 1 is 0.529 bits per heavy atom. The molecule has 0 saturated heterocycles. The van der Waals surface area contributed by atoms with Crippen LogP contribution in [-0.4, -0.2) is 147 Å². The van der Waals surface area contributed by atoms with E-state index in [1.54, 1.807) is 88.4 Å². The Morgan fingerprint density at radius 3 is 1.64 bits per heavy atom. The summed E-state index contributed by atoms with van der Waals surface area (Å²) in [7, 11) is 1.11. The Bertz CT molecular complexity index is 3040. The molecule has 11 N–H and O–H groups in total. The molecule has 0 heterocycles. The van der Waals surface area contributed by atoms with Gasteiger partial charge in [-0.05, 0) is 58.6 Å². The monoisotopic (exact) mass is 1200 g/mol. The minimum atomic E-state index is -1.85. The SMILES string of the molecule is COC(=O)[C@H](Cc1ccccc1)NC(=O)[C@H](CC(=O)O[C@H](C)[C@H](NC(=O)OCc1ccccc1)C(=O)NC[C@H](NC(C)=O)C(=O)N[C@@H](CC(C)C)C(=O)NCC(=O)NCC(N)=O)NC(=O)[C@@H](NC(=O)OCC1c2ccccc2-c2ccccc21)C(C)C. The van der Waals surface area contributed by atoms with E-state index in [0.717, 1.165) is 36.3 Å². The number of carbonyl (C=O) groups is 12. The first kappa shape index (κ1) is 67.9. The smallest absolute Gasteiger partial charge is 0.408 e. The second-order valence-electron chi connectivity index (χ2n) is 21.3. The Balaban J connectivity index is 1.36. The number of primary amides is 1. The van der Waals surface area contributed by atoms with Gasteiger partial charge in [0.15, 0.2) is 0 Å². The van der Waals surface area contributed by atoms with Crippen molar-refractivity contribution in [2.75, 3.05) is 33.4 Å². The third-order valence-electron chi connectivity index (χ3n) is 13.6. The van der Waals surface area contributed by atoms with Gasteiger partial charge in [-0.15, -0.1) is 0 Å². The molecule has 466 valence electrons. The van der Waals surface area contributed by atoms with Crippen molar-refractivity contribution in [3.05, 3.63) is 131 Å². The largest absolute Gasteiger partial charge is 0.467 e. The van der Waals surface area contributed by atoms with Crippen molar-refractivity contribution in [1.29, 1.82) is 0 Å². The summed E-state index contributed by atoms with van der Waals surface area (Å²) in [5.74, 6) is -10.5. The maximum absolute atomic E-state index is 14.4. The molecule has 0 fully saturated rings. The predicted molar refractivity (Wildman–Crippen MR) is 314 cm³/mol. The van der Waals surface area contributed by atoms with Gasteiger partial charge in [0.1, 0.15) is 55.6 Å². The third kappa shape index (κ3) is 21.6. The molecule has 4 aromatic rings. The fraction of sp³-hybridized carbons (Fsp3) is 0.410. The number of nitrogens with one attached hydrogen (secondary N) is 9. The molecule has 1 aliphatic carbocycles. The van der Waals surface area contributed by atoms with E-state index in [2.05, 4.69) is 47.9 Å². The van der Waals surface area contributed by atoms with Crippen LogP contribution in [0.1, 0.15) is 82.6 Å². The molecule has 0 aliphatic heterocycles. The molecule has 7 atom stereocenters. The number of benzene rings is 4. The van der Waals surface area contributed by atoms with E-state index >= 15 is 0 Å². The first-order chi connectivity index (χ1) is 41.4. The van der Waals surface area contributed by atoms with Gasteiger partial charge in [0, 0.05) is 25.8 Å². The number of alkyl carbamates (subject to hydrolysis) is 2. The van der Waals surface area contributed by atoms with Crippen LogP contribution >= 0.6 is 0 Å². The zero-order valence-corrected chi connectivity index (χ0v) is 49.4. The first-order valence-electron chi connectivity index (χ1n) is 28.1. The van der Waals surface area contributed by atoms with Crippen LogP contribution in [0.15, 0.2) is 109 Å². The van der Waals surface area contributed by atoms with E-state index in [9.17, 15) is 57.5 Å². The van der Waals surface area contributed by atoms with Crippen molar-refractivity contribution in [3.63, 3.8) is 0 Å². The number of esters is 2. The van der Waals surface area contributed by atoms with E-state index in [-0.39, 0.29) is 37.9 Å². The van der Waals surface area contributed by atoms with Crippen LogP contribution in [0.5, 0.6) is 0 Å². The van der Waals surface area contributed by atoms with E-state index in [1.165, 1.54) is 6.92 Å². The van der Waals surface area contributed by atoms with Crippen LogP contribution in [0.2, 0.25) is 0 Å². The average molecular weight is 1210 g/mol. The number of hydrogen-bond acceptors (Lipinski definition) is 16. The maximum atomic E-state index is 14.4. The first-order valence-corrected chi connectivity index (χ1v) is 28.1. The quantitative estimate of drug-likeness (QED) is 0.0252. The van der Waals surface area contributed by atoms with Gasteiger partial charge in [0.05, 0.1) is 26.6 Å². The van der Waals surface area contributed by atoms with Gasteiger partial charge in [0.25, 0.3) is 0 Å². The number of amides is 10. The Labute approximate surface area is 503 Å². The summed E-state index contributed by atoms with van der Waals surface area (Å²) in [6, 6.07) is 23.1. The standard InChI is InChI=1S/C61H76N10O16/c1-34(2)26-45(54(76)65-31-50(74)63-30-49(62)73)67-56(78)48(66-37(6)72)29-64-57(79)53(71-61(83)85-32-39-20-12-9-13-21-39)36(5)87-51(75)28-46(55(77)69-47(59(81)84-7)27-38-18-10-8-11-19-38)68-58(80)52(35(3)4)70-60(82)86-33-44-42-24-16-14-22-40(42)41-23-15-17-25-43(41)44/h8-25,34-36,44-48,52-53H,26-33H2,1-7H3,(H2,62,73)(H,63,74)(H,64,79)(H,65,76)(H,66,72)(H,67,78)(H,68,80)(H,69,77)(H,70,82)(H,71,83)/t36-,45+,46+,47+,48+,52+,53+/m1/s1. The summed E-state index contributed by atoms with van der Waals surface area (Å²) < 4.78 is 21.8. The number of nitrogens with two attached hydrogens (primary N) is 1. The van der Waals surface area contributed by atoms with Crippen LogP contribution in [0.25, 0.3) is 11.1 Å². The molecule has 10 amide bonds. The Hall–Kier alpha value is -9.88. The maximum Gasteiger partial charge on any atom is 0.408 e. The average Bonchev–Trinajstić information content (AvgIpc) is 1.73. The molecular formula is C61H76N10O16. The summed E-state index contributed by atoms with van der Waals surface area (Å²) >= 11 is 0. The van der Waals surface area contributed by atoms with Gasteiger partial charge >= 0.3 is 24.1 Å². The molecule has 0 bridgehead atoms. The normalized spacial score (nSPS) is 13.8. The highest BCUT2D eigenvalue weighted by atomic mass is 16.6. The lowest BCUT2D eigenvalue weighted by Crippen LogP contribution is -2.60. The van der Waals surface area contributed by atoms with Crippen molar-refractivity contribution in [2.24, 2.45) is 17.6 Å². The van der Waals surface area contributed by atoms with Gasteiger partial charge in [-0.2, -0.15) is 0 Å². The van der Waals surface area contributed by atoms with E-state index in [1.807, 2.05) is 48.5 Å². The molecule has 87 heavy (non-hydrogen) atoms. The second kappa shape index (κ2) is 33.6. The lowest BCUT2D eigenvalue weighted by Gasteiger charge is -2.28. The van der Waals surface area contributed by atoms with Gasteiger partial charge in [-0.1, -0.05) is 137 Å². The molecule has 0 aromatic heterocycles. The van der Waals surface area contributed by atoms with Crippen molar-refractivity contribution in [1.82, 2.24) is 47.9 Å². The number of hydrogen-bond donors (Lipinski definition) is 10. The molecule has 0 saturated carbocycles. The highest BCUT2D eigenvalue weighted by Gasteiger charge is 2.37. The van der Waals surface area contributed by atoms with Crippen molar-refractivity contribution >= 4 is 71.4 Å². The highest BCUT2D eigenvalue weighted by Crippen LogP contribution is 2.44. The van der Waals surface area contributed by atoms with Crippen LogP contribution in [-0.2, 0) is 79.9 Å². The fourth-order valence-corrected chi connectivity index (χ4v) is 9.29. The van der Waals surface area contributed by atoms with Crippen molar-refractivity contribution in [2.45, 2.75) is 116 Å². The molecular weight excluding hydrogens is 1130 g/mol. The molecule has 5 rings (SSSR count). The summed E-state index contributed by atoms with van der Waals surface area (Å²) in [6.07, 6.45) is -4.80. The van der Waals surface area contributed by atoms with E-state index in [4.69, 9.17) is 24.7 Å².